The topological polar surface area (TPSA) is 46.4 Å². The van der Waals surface area contributed by atoms with Crippen LogP contribution in [0.4, 0.5) is 0 Å². The van der Waals surface area contributed by atoms with Crippen molar-refractivity contribution in [2.24, 2.45) is 5.92 Å². The molecular formula is C24H37N5OS. The summed E-state index contributed by atoms with van der Waals surface area (Å²) >= 11 is 1.83. The van der Waals surface area contributed by atoms with E-state index in [1.165, 1.54) is 32.5 Å². The fraction of sp³-hybridized carbons (Fsp3) is 0.667. The number of likely N-dealkylation sites (tertiary alicyclic amines) is 2. The second-order valence-electron chi connectivity index (χ2n) is 9.24. The van der Waals surface area contributed by atoms with E-state index in [1.807, 2.05) is 17.8 Å². The lowest BCUT2D eigenvalue weighted by molar-refractivity contribution is 0.189. The molecule has 2 aliphatic rings. The fourth-order valence-corrected chi connectivity index (χ4v) is 5.75. The van der Waals surface area contributed by atoms with Crippen molar-refractivity contribution in [2.45, 2.75) is 50.6 Å². The van der Waals surface area contributed by atoms with Gasteiger partial charge >= 0.3 is 0 Å². The number of nitrogens with zero attached hydrogens (tertiary/aromatic N) is 5. The molecule has 2 saturated heterocycles. The van der Waals surface area contributed by atoms with E-state index < -0.39 is 0 Å². The molecule has 2 aromatic rings. The highest BCUT2D eigenvalue weighted by Crippen LogP contribution is 2.33. The number of aromatic nitrogens is 3. The van der Waals surface area contributed by atoms with E-state index in [0.717, 1.165) is 66.6 Å². The summed E-state index contributed by atoms with van der Waals surface area (Å²) in [7, 11) is 1.72. The van der Waals surface area contributed by atoms with Gasteiger partial charge in [0.05, 0.1) is 12.8 Å². The smallest absolute Gasteiger partial charge is 0.195 e. The highest BCUT2D eigenvalue weighted by Gasteiger charge is 2.27. The van der Waals surface area contributed by atoms with Crippen LogP contribution in [0.1, 0.15) is 51.3 Å². The largest absolute Gasteiger partial charge is 0.497 e. The molecule has 3 heterocycles. The van der Waals surface area contributed by atoms with Crippen molar-refractivity contribution in [1.82, 2.24) is 24.6 Å². The molecule has 1 aromatic carbocycles. The van der Waals surface area contributed by atoms with Crippen molar-refractivity contribution in [3.63, 3.8) is 0 Å². The summed E-state index contributed by atoms with van der Waals surface area (Å²) in [6.45, 7) is 11.7. The van der Waals surface area contributed by atoms with Crippen molar-refractivity contribution >= 4 is 11.8 Å². The maximum atomic E-state index is 5.50. The molecule has 170 valence electrons. The maximum absolute atomic E-state index is 5.50. The number of piperidine rings is 1. The lowest BCUT2D eigenvalue weighted by atomic mass is 9.95. The van der Waals surface area contributed by atoms with Crippen LogP contribution in [-0.2, 0) is 0 Å². The van der Waals surface area contributed by atoms with E-state index in [1.54, 1.807) is 7.11 Å². The fourth-order valence-electron chi connectivity index (χ4n) is 4.79. The van der Waals surface area contributed by atoms with E-state index in [0.29, 0.717) is 5.92 Å². The standard InChI is InChI=1S/C24H37N5OS/c1-19(2)18-28-13-9-20(10-14-28)23-25-26-24(31-16-15-27-11-4-5-12-27)29(23)21-7-6-8-22(17-21)30-3/h6-8,17,19-20H,4-5,9-16,18H2,1-3H3. The van der Waals surface area contributed by atoms with Gasteiger partial charge in [0, 0.05) is 30.8 Å². The predicted octanol–water partition coefficient (Wildman–Crippen LogP) is 4.30. The van der Waals surface area contributed by atoms with E-state index in [-0.39, 0.29) is 0 Å². The van der Waals surface area contributed by atoms with E-state index in [9.17, 15) is 0 Å². The average Bonchev–Trinajstić information content (AvgIpc) is 3.44. The molecule has 31 heavy (non-hydrogen) atoms. The highest BCUT2D eigenvalue weighted by molar-refractivity contribution is 7.99. The summed E-state index contributed by atoms with van der Waals surface area (Å²) in [5, 5.41) is 10.4. The first-order valence-electron chi connectivity index (χ1n) is 11.8. The molecule has 1 aromatic heterocycles. The lowest BCUT2D eigenvalue weighted by Crippen LogP contribution is -2.36. The SMILES string of the molecule is COc1cccc(-n2c(SCCN3CCCC3)nnc2C2CCN(CC(C)C)CC2)c1. The van der Waals surface area contributed by atoms with Crippen LogP contribution in [0.2, 0.25) is 0 Å². The van der Waals surface area contributed by atoms with Crippen LogP contribution in [0.15, 0.2) is 29.4 Å². The number of rotatable bonds is 9. The number of hydrogen-bond acceptors (Lipinski definition) is 6. The molecule has 4 rings (SSSR count). The molecule has 0 spiro atoms. The third-order valence-corrected chi connectivity index (χ3v) is 7.29. The normalized spacial score (nSPS) is 18.8. The molecule has 2 aliphatic heterocycles. The molecule has 0 bridgehead atoms. The summed E-state index contributed by atoms with van der Waals surface area (Å²) in [5.74, 6) is 4.21. The van der Waals surface area contributed by atoms with Gasteiger partial charge in [-0.1, -0.05) is 31.7 Å². The van der Waals surface area contributed by atoms with Gasteiger partial charge in [-0.05, 0) is 69.9 Å². The molecule has 0 amide bonds. The zero-order valence-electron chi connectivity index (χ0n) is 19.3. The van der Waals surface area contributed by atoms with Crippen LogP contribution in [0.25, 0.3) is 5.69 Å². The molecule has 0 saturated carbocycles. The maximum Gasteiger partial charge on any atom is 0.195 e. The van der Waals surface area contributed by atoms with Gasteiger partial charge in [-0.2, -0.15) is 0 Å². The Hall–Kier alpha value is -1.57. The second kappa shape index (κ2) is 10.8. The van der Waals surface area contributed by atoms with Gasteiger partial charge in [0.1, 0.15) is 11.6 Å². The minimum absolute atomic E-state index is 0.454. The second-order valence-corrected chi connectivity index (χ2v) is 10.3. The summed E-state index contributed by atoms with van der Waals surface area (Å²) in [5.41, 5.74) is 1.10. The predicted molar refractivity (Wildman–Crippen MR) is 128 cm³/mol. The quantitative estimate of drug-likeness (QED) is 0.539. The zero-order chi connectivity index (χ0) is 21.6. The monoisotopic (exact) mass is 443 g/mol. The summed E-state index contributed by atoms with van der Waals surface area (Å²) in [4.78, 5) is 5.16. The van der Waals surface area contributed by atoms with Crippen molar-refractivity contribution < 1.29 is 4.74 Å². The Bertz CT molecular complexity index is 825. The average molecular weight is 444 g/mol. The zero-order valence-corrected chi connectivity index (χ0v) is 20.1. The molecule has 0 radical (unpaired) electrons. The Morgan fingerprint density at radius 1 is 1.06 bits per heavy atom. The van der Waals surface area contributed by atoms with Crippen LogP contribution in [0, 0.1) is 5.92 Å². The lowest BCUT2D eigenvalue weighted by Gasteiger charge is -2.32. The van der Waals surface area contributed by atoms with Gasteiger partial charge in [0.25, 0.3) is 0 Å². The van der Waals surface area contributed by atoms with Crippen LogP contribution >= 0.6 is 11.8 Å². The highest BCUT2D eigenvalue weighted by atomic mass is 32.2. The first kappa shape index (κ1) is 22.6. The molecule has 0 atom stereocenters. The first-order chi connectivity index (χ1) is 15.1. The minimum atomic E-state index is 0.454. The molecule has 0 unspecified atom stereocenters. The van der Waals surface area contributed by atoms with E-state index in [4.69, 9.17) is 9.84 Å². The van der Waals surface area contributed by atoms with Crippen LogP contribution in [0.3, 0.4) is 0 Å². The Morgan fingerprint density at radius 2 is 1.84 bits per heavy atom. The summed E-state index contributed by atoms with van der Waals surface area (Å²) in [6.07, 6.45) is 4.97. The van der Waals surface area contributed by atoms with Gasteiger partial charge in [-0.25, -0.2) is 0 Å². The Labute approximate surface area is 191 Å². The first-order valence-corrected chi connectivity index (χ1v) is 12.8. The van der Waals surface area contributed by atoms with Crippen LogP contribution < -0.4 is 4.74 Å². The Morgan fingerprint density at radius 3 is 2.55 bits per heavy atom. The summed E-state index contributed by atoms with van der Waals surface area (Å²) < 4.78 is 7.80. The van der Waals surface area contributed by atoms with Gasteiger partial charge in [-0.15, -0.1) is 10.2 Å². The molecule has 0 N–H and O–H groups in total. The van der Waals surface area contributed by atoms with Crippen molar-refractivity contribution in [3.05, 3.63) is 30.1 Å². The number of thioether (sulfide) groups is 1. The van der Waals surface area contributed by atoms with Gasteiger partial charge in [-0.3, -0.25) is 4.57 Å². The van der Waals surface area contributed by atoms with Crippen molar-refractivity contribution in [3.8, 4) is 11.4 Å². The molecule has 0 aliphatic carbocycles. The van der Waals surface area contributed by atoms with E-state index >= 15 is 0 Å². The minimum Gasteiger partial charge on any atom is -0.497 e. The van der Waals surface area contributed by atoms with Gasteiger partial charge < -0.3 is 14.5 Å². The number of hydrogen-bond donors (Lipinski definition) is 0. The van der Waals surface area contributed by atoms with Crippen molar-refractivity contribution in [2.75, 3.05) is 52.1 Å². The number of benzene rings is 1. The van der Waals surface area contributed by atoms with E-state index in [2.05, 4.69) is 51.5 Å². The summed E-state index contributed by atoms with van der Waals surface area (Å²) in [6, 6.07) is 8.30. The van der Waals surface area contributed by atoms with Crippen molar-refractivity contribution in [1.29, 1.82) is 0 Å². The number of methoxy groups -OCH3 is 1. The third kappa shape index (κ3) is 5.82. The molecule has 2 fully saturated rings. The molecule has 6 nitrogen and oxygen atoms in total. The molecular weight excluding hydrogens is 406 g/mol. The Kier molecular flexibility index (Phi) is 7.91. The van der Waals surface area contributed by atoms with Gasteiger partial charge in [0.2, 0.25) is 0 Å². The van der Waals surface area contributed by atoms with Gasteiger partial charge in [0.15, 0.2) is 5.16 Å². The Balaban J connectivity index is 1.52. The van der Waals surface area contributed by atoms with Crippen LogP contribution in [0.5, 0.6) is 5.75 Å². The molecule has 7 heteroatoms. The third-order valence-electron chi connectivity index (χ3n) is 6.38. The number of ether oxygens (including phenoxy) is 1. The van der Waals surface area contributed by atoms with Crippen LogP contribution in [-0.4, -0.2) is 76.7 Å².